The van der Waals surface area contributed by atoms with Crippen molar-refractivity contribution in [3.05, 3.63) is 22.4 Å². The Morgan fingerprint density at radius 2 is 1.86 bits per heavy atom. The fraction of sp³-hybridized carbons (Fsp3) is 0.700. The molecule has 0 radical (unpaired) electrons. The van der Waals surface area contributed by atoms with Crippen LogP contribution < -0.4 is 0 Å². The number of sulfonamides is 1. The maximum Gasteiger partial charge on any atom is 0.254 e. The summed E-state index contributed by atoms with van der Waals surface area (Å²) in [5, 5.41) is 3.79. The molecule has 2 amide bonds. The Balaban J connectivity index is 1.58. The van der Waals surface area contributed by atoms with Gasteiger partial charge in [-0.15, -0.1) is 0 Å². The summed E-state index contributed by atoms with van der Waals surface area (Å²) in [5.74, 6) is 0.124. The highest BCUT2D eigenvalue weighted by Crippen LogP contribution is 2.62. The molecule has 2 aliphatic heterocycles. The zero-order valence-electron chi connectivity index (χ0n) is 17.3. The van der Waals surface area contributed by atoms with Crippen LogP contribution in [0.2, 0.25) is 0 Å². The van der Waals surface area contributed by atoms with E-state index in [0.717, 1.165) is 31.2 Å². The number of hydrogen-bond donors (Lipinski definition) is 0. The van der Waals surface area contributed by atoms with Gasteiger partial charge in [-0.1, -0.05) is 0 Å². The number of rotatable bonds is 3. The molecule has 0 N–H and O–H groups in total. The van der Waals surface area contributed by atoms with E-state index in [-0.39, 0.29) is 29.7 Å². The maximum absolute atomic E-state index is 13.2. The zero-order chi connectivity index (χ0) is 21.0. The summed E-state index contributed by atoms with van der Waals surface area (Å²) in [7, 11) is 0.157. The van der Waals surface area contributed by atoms with E-state index in [4.69, 9.17) is 0 Å². The van der Waals surface area contributed by atoms with Gasteiger partial charge in [0.2, 0.25) is 15.9 Å². The van der Waals surface area contributed by atoms with Gasteiger partial charge >= 0.3 is 0 Å². The third-order valence-electron chi connectivity index (χ3n) is 7.44. The van der Waals surface area contributed by atoms with E-state index in [1.165, 1.54) is 21.9 Å². The second-order valence-electron chi connectivity index (χ2n) is 9.13. The first kappa shape index (κ1) is 20.8. The number of piperidine rings is 1. The molecule has 160 valence electrons. The molecule has 7 nitrogen and oxygen atoms in total. The normalized spacial score (nSPS) is 29.2. The summed E-state index contributed by atoms with van der Waals surface area (Å²) < 4.78 is 26.1. The minimum absolute atomic E-state index is 0.0121. The minimum Gasteiger partial charge on any atom is -0.348 e. The Morgan fingerprint density at radius 3 is 2.41 bits per heavy atom. The lowest BCUT2D eigenvalue weighted by atomic mass is 9.65. The van der Waals surface area contributed by atoms with Crippen LogP contribution in [-0.4, -0.2) is 80.9 Å². The predicted octanol–water partition coefficient (Wildman–Crippen LogP) is 1.73. The van der Waals surface area contributed by atoms with Crippen LogP contribution in [0.15, 0.2) is 16.8 Å². The van der Waals surface area contributed by atoms with E-state index in [9.17, 15) is 18.0 Å². The summed E-state index contributed by atoms with van der Waals surface area (Å²) in [6, 6.07) is 1.86. The van der Waals surface area contributed by atoms with Crippen molar-refractivity contribution in [1.29, 1.82) is 0 Å². The summed E-state index contributed by atoms with van der Waals surface area (Å²) in [5.41, 5.74) is 0.0291. The van der Waals surface area contributed by atoms with Crippen LogP contribution in [0.5, 0.6) is 0 Å². The fourth-order valence-electron chi connectivity index (χ4n) is 5.89. The molecule has 3 aliphatic rings. The van der Waals surface area contributed by atoms with Gasteiger partial charge in [-0.25, -0.2) is 12.7 Å². The number of hydrogen-bond acceptors (Lipinski definition) is 5. The van der Waals surface area contributed by atoms with Crippen molar-refractivity contribution in [2.75, 3.05) is 46.5 Å². The zero-order valence-corrected chi connectivity index (χ0v) is 18.9. The Bertz CT molecular complexity index is 904. The summed E-state index contributed by atoms with van der Waals surface area (Å²) >= 11 is 1.52. The lowest BCUT2D eigenvalue weighted by Gasteiger charge is -2.44. The van der Waals surface area contributed by atoms with E-state index in [0.29, 0.717) is 19.6 Å². The first-order valence-corrected chi connectivity index (χ1v) is 12.9. The average Bonchev–Trinajstić information content (AvgIpc) is 3.38. The van der Waals surface area contributed by atoms with Crippen LogP contribution in [0, 0.1) is 16.7 Å². The van der Waals surface area contributed by atoms with Crippen LogP contribution in [-0.2, 0) is 14.8 Å². The van der Waals surface area contributed by atoms with Gasteiger partial charge in [-0.3, -0.25) is 9.59 Å². The molecule has 0 unspecified atom stereocenters. The monoisotopic (exact) mass is 439 g/mol. The van der Waals surface area contributed by atoms with Gasteiger partial charge in [-0.2, -0.15) is 11.3 Å². The minimum atomic E-state index is -3.35. The van der Waals surface area contributed by atoms with Gasteiger partial charge in [0.1, 0.15) is 0 Å². The molecule has 1 aromatic heterocycles. The summed E-state index contributed by atoms with van der Waals surface area (Å²) in [6.45, 7) is 2.02. The number of amides is 2. The molecule has 1 aliphatic carbocycles. The lowest BCUT2D eigenvalue weighted by molar-refractivity contribution is -0.141. The van der Waals surface area contributed by atoms with Gasteiger partial charge in [0.05, 0.1) is 17.2 Å². The molecular formula is C20H29N3O4S2. The van der Waals surface area contributed by atoms with E-state index >= 15 is 0 Å². The highest BCUT2D eigenvalue weighted by molar-refractivity contribution is 7.88. The number of likely N-dealkylation sites (tertiary alicyclic amines) is 1. The second-order valence-corrected chi connectivity index (χ2v) is 11.9. The quantitative estimate of drug-likeness (QED) is 0.719. The smallest absolute Gasteiger partial charge is 0.254 e. The van der Waals surface area contributed by atoms with Gasteiger partial charge in [0.25, 0.3) is 5.91 Å². The third-order valence-corrected chi connectivity index (χ3v) is 9.34. The van der Waals surface area contributed by atoms with Crippen LogP contribution >= 0.6 is 11.3 Å². The third kappa shape index (κ3) is 3.31. The van der Waals surface area contributed by atoms with E-state index < -0.39 is 15.4 Å². The summed E-state index contributed by atoms with van der Waals surface area (Å²) in [6.07, 6.45) is 4.53. The van der Waals surface area contributed by atoms with Crippen molar-refractivity contribution in [2.45, 2.75) is 25.7 Å². The molecule has 1 spiro atoms. The van der Waals surface area contributed by atoms with Crippen LogP contribution in [0.1, 0.15) is 36.0 Å². The standard InChI is InChI=1S/C20H29N3O4S2/c1-21(2)18(25)20-6-5-19(16(20)12-23(14-20)29(3,26)27)7-9-22(10-8-19)17(24)15-4-11-28-13-15/h4,11,13,16H,5-10,12,14H2,1-3H3/t16-,20+/m0/s1. The fourth-order valence-corrected chi connectivity index (χ4v) is 7.41. The largest absolute Gasteiger partial charge is 0.348 e. The molecule has 9 heteroatoms. The number of carbonyl (C=O) groups excluding carboxylic acids is 2. The predicted molar refractivity (Wildman–Crippen MR) is 112 cm³/mol. The van der Waals surface area contributed by atoms with Crippen molar-refractivity contribution < 1.29 is 18.0 Å². The van der Waals surface area contributed by atoms with Gasteiger partial charge < -0.3 is 9.80 Å². The Hall–Kier alpha value is -1.45. The lowest BCUT2D eigenvalue weighted by Crippen LogP contribution is -2.49. The average molecular weight is 440 g/mol. The molecule has 1 saturated carbocycles. The number of nitrogens with zero attached hydrogens (tertiary/aromatic N) is 3. The highest BCUT2D eigenvalue weighted by atomic mass is 32.2. The molecule has 0 bridgehead atoms. The molecule has 1 aromatic rings. The van der Waals surface area contributed by atoms with Crippen molar-refractivity contribution in [1.82, 2.24) is 14.1 Å². The van der Waals surface area contributed by atoms with Crippen LogP contribution in [0.3, 0.4) is 0 Å². The summed E-state index contributed by atoms with van der Waals surface area (Å²) in [4.78, 5) is 29.5. The Morgan fingerprint density at radius 1 is 1.17 bits per heavy atom. The number of carbonyl (C=O) groups is 2. The molecule has 0 aromatic carbocycles. The van der Waals surface area contributed by atoms with Crippen molar-refractivity contribution in [3.8, 4) is 0 Å². The topological polar surface area (TPSA) is 78.0 Å². The van der Waals surface area contributed by atoms with Gasteiger partial charge in [0, 0.05) is 45.7 Å². The Labute approximate surface area is 176 Å². The molecule has 3 fully saturated rings. The second kappa shape index (κ2) is 7.06. The SMILES string of the molecule is CN(C)C(=O)[C@@]12CCC3(CCN(C(=O)c4ccsc4)CC3)[C@@H]1CN(S(C)(=O)=O)C2. The molecule has 29 heavy (non-hydrogen) atoms. The first-order chi connectivity index (χ1) is 13.6. The van der Waals surface area contributed by atoms with Crippen molar-refractivity contribution in [3.63, 3.8) is 0 Å². The number of thiophene rings is 1. The molecule has 2 atom stereocenters. The van der Waals surface area contributed by atoms with Crippen molar-refractivity contribution >= 4 is 33.2 Å². The van der Waals surface area contributed by atoms with E-state index in [2.05, 4.69) is 0 Å². The van der Waals surface area contributed by atoms with Gasteiger partial charge in [0.15, 0.2) is 0 Å². The first-order valence-electron chi connectivity index (χ1n) is 10.1. The highest BCUT2D eigenvalue weighted by Gasteiger charge is 2.65. The number of fused-ring (bicyclic) bond motifs is 2. The molecule has 4 rings (SSSR count). The Kier molecular flexibility index (Phi) is 5.07. The van der Waals surface area contributed by atoms with E-state index in [1.807, 2.05) is 21.7 Å². The van der Waals surface area contributed by atoms with E-state index in [1.54, 1.807) is 19.0 Å². The van der Waals surface area contributed by atoms with Crippen LogP contribution in [0.25, 0.3) is 0 Å². The van der Waals surface area contributed by atoms with Gasteiger partial charge in [-0.05, 0) is 48.5 Å². The molecular weight excluding hydrogens is 410 g/mol. The maximum atomic E-state index is 13.2. The molecule has 3 heterocycles. The molecule has 2 saturated heterocycles. The van der Waals surface area contributed by atoms with Crippen molar-refractivity contribution in [2.24, 2.45) is 16.7 Å². The van der Waals surface area contributed by atoms with Crippen LogP contribution in [0.4, 0.5) is 0 Å².